The van der Waals surface area contributed by atoms with E-state index < -0.39 is 9.84 Å². The van der Waals surface area contributed by atoms with E-state index in [9.17, 15) is 8.42 Å². The van der Waals surface area contributed by atoms with Crippen LogP contribution in [0, 0.1) is 6.92 Å². The van der Waals surface area contributed by atoms with Crippen molar-refractivity contribution in [1.82, 2.24) is 5.32 Å². The highest BCUT2D eigenvalue weighted by Gasteiger charge is 2.15. The molecule has 0 heterocycles. The zero-order chi connectivity index (χ0) is 15.2. The molecule has 114 valence electrons. The molecule has 0 fully saturated rings. The Bertz CT molecular complexity index is 529. The van der Waals surface area contributed by atoms with Crippen molar-refractivity contribution in [3.8, 4) is 0 Å². The maximum Gasteiger partial charge on any atom is 0.147 e. The first kappa shape index (κ1) is 17.5. The minimum absolute atomic E-state index is 0.116. The van der Waals surface area contributed by atoms with E-state index in [2.05, 4.69) is 12.2 Å². The van der Waals surface area contributed by atoms with Gasteiger partial charge < -0.3 is 5.32 Å². The number of rotatable bonds is 8. The molecule has 0 aromatic heterocycles. The molecule has 3 nitrogen and oxygen atoms in total. The van der Waals surface area contributed by atoms with E-state index in [0.717, 1.165) is 35.5 Å². The third kappa shape index (κ3) is 6.25. The van der Waals surface area contributed by atoms with E-state index in [4.69, 9.17) is 11.6 Å². The van der Waals surface area contributed by atoms with Gasteiger partial charge in [0.05, 0.1) is 0 Å². The Kier molecular flexibility index (Phi) is 7.00. The number of nitrogens with one attached hydrogen (secondary N) is 1. The van der Waals surface area contributed by atoms with Gasteiger partial charge in [0.1, 0.15) is 9.84 Å². The van der Waals surface area contributed by atoms with Gasteiger partial charge in [0.2, 0.25) is 0 Å². The number of halogens is 1. The summed E-state index contributed by atoms with van der Waals surface area (Å²) in [5.41, 5.74) is 2.18. The van der Waals surface area contributed by atoms with Gasteiger partial charge in [-0.15, -0.1) is 0 Å². The maximum absolute atomic E-state index is 11.2. The van der Waals surface area contributed by atoms with Crippen molar-refractivity contribution in [3.05, 3.63) is 34.3 Å². The van der Waals surface area contributed by atoms with Crippen molar-refractivity contribution in [2.75, 3.05) is 18.6 Å². The standard InChI is InChI=1S/C15H24ClNO2S/c1-4-9-17-15(6-5-10-20(3,18)19)13-8-7-12(2)11-14(13)16/h7-8,11,15,17H,4-6,9-10H2,1-3H3. The molecule has 0 bridgehead atoms. The van der Waals surface area contributed by atoms with Gasteiger partial charge in [-0.05, 0) is 49.9 Å². The molecule has 0 spiro atoms. The number of hydrogen-bond donors (Lipinski definition) is 1. The zero-order valence-electron chi connectivity index (χ0n) is 12.4. The lowest BCUT2D eigenvalue weighted by molar-refractivity contribution is 0.492. The maximum atomic E-state index is 11.2. The molecule has 1 aromatic rings. The summed E-state index contributed by atoms with van der Waals surface area (Å²) in [5.74, 6) is 0.223. The van der Waals surface area contributed by atoms with Crippen LogP contribution in [-0.2, 0) is 9.84 Å². The normalized spacial score (nSPS) is 13.4. The lowest BCUT2D eigenvalue weighted by Gasteiger charge is -2.20. The van der Waals surface area contributed by atoms with Crippen LogP contribution in [0.25, 0.3) is 0 Å². The van der Waals surface area contributed by atoms with Crippen LogP contribution in [0.2, 0.25) is 5.02 Å². The van der Waals surface area contributed by atoms with E-state index >= 15 is 0 Å². The highest BCUT2D eigenvalue weighted by molar-refractivity contribution is 7.90. The minimum atomic E-state index is -2.90. The van der Waals surface area contributed by atoms with Crippen LogP contribution in [0.3, 0.4) is 0 Å². The Hall–Kier alpha value is -0.580. The molecule has 1 aromatic carbocycles. The Morgan fingerprint density at radius 2 is 2.05 bits per heavy atom. The first-order chi connectivity index (χ1) is 9.33. The predicted octanol–water partition coefficient (Wildman–Crippen LogP) is 3.51. The van der Waals surface area contributed by atoms with Crippen molar-refractivity contribution >= 4 is 21.4 Å². The molecule has 20 heavy (non-hydrogen) atoms. The second-order valence-electron chi connectivity index (χ2n) is 5.30. The van der Waals surface area contributed by atoms with Crippen LogP contribution in [0.1, 0.15) is 43.4 Å². The summed E-state index contributed by atoms with van der Waals surface area (Å²) >= 11 is 6.31. The number of aryl methyl sites for hydroxylation is 1. The molecule has 1 rings (SSSR count). The zero-order valence-corrected chi connectivity index (χ0v) is 14.0. The Labute approximate surface area is 127 Å². The first-order valence-electron chi connectivity index (χ1n) is 7.00. The summed E-state index contributed by atoms with van der Waals surface area (Å²) in [6, 6.07) is 6.14. The fourth-order valence-electron chi connectivity index (χ4n) is 2.15. The Morgan fingerprint density at radius 3 is 2.60 bits per heavy atom. The van der Waals surface area contributed by atoms with Crippen LogP contribution >= 0.6 is 11.6 Å². The largest absolute Gasteiger partial charge is 0.310 e. The SMILES string of the molecule is CCCNC(CCCS(C)(=O)=O)c1ccc(C)cc1Cl. The van der Waals surface area contributed by atoms with Crippen molar-refractivity contribution in [3.63, 3.8) is 0 Å². The fourth-order valence-corrected chi connectivity index (χ4v) is 3.21. The molecule has 0 aliphatic carbocycles. The summed E-state index contributed by atoms with van der Waals surface area (Å²) in [6.07, 6.45) is 3.73. The molecule has 0 aliphatic rings. The molecule has 0 saturated heterocycles. The number of sulfone groups is 1. The second kappa shape index (κ2) is 8.01. The van der Waals surface area contributed by atoms with Gasteiger partial charge in [-0.2, -0.15) is 0 Å². The van der Waals surface area contributed by atoms with Gasteiger partial charge in [-0.1, -0.05) is 30.7 Å². The van der Waals surface area contributed by atoms with Crippen molar-refractivity contribution in [2.24, 2.45) is 0 Å². The third-order valence-corrected chi connectivity index (χ3v) is 4.54. The van der Waals surface area contributed by atoms with E-state index in [1.807, 2.05) is 25.1 Å². The van der Waals surface area contributed by atoms with Crippen molar-refractivity contribution < 1.29 is 8.42 Å². The first-order valence-corrected chi connectivity index (χ1v) is 9.44. The quantitative estimate of drug-likeness (QED) is 0.798. The second-order valence-corrected chi connectivity index (χ2v) is 7.97. The van der Waals surface area contributed by atoms with Gasteiger partial charge in [0.15, 0.2) is 0 Å². The lowest BCUT2D eigenvalue weighted by atomic mass is 10.0. The highest BCUT2D eigenvalue weighted by atomic mass is 35.5. The van der Waals surface area contributed by atoms with Gasteiger partial charge >= 0.3 is 0 Å². The molecule has 0 saturated carbocycles. The van der Waals surface area contributed by atoms with Gasteiger partial charge in [0, 0.05) is 23.1 Å². The van der Waals surface area contributed by atoms with Gasteiger partial charge in [-0.3, -0.25) is 0 Å². The summed E-state index contributed by atoms with van der Waals surface area (Å²) in [6.45, 7) is 5.01. The molecule has 0 radical (unpaired) electrons. The van der Waals surface area contributed by atoms with E-state index in [1.54, 1.807) is 0 Å². The molecule has 0 aliphatic heterocycles. The smallest absolute Gasteiger partial charge is 0.147 e. The summed E-state index contributed by atoms with van der Waals surface area (Å²) in [4.78, 5) is 0. The van der Waals surface area contributed by atoms with E-state index in [1.165, 1.54) is 6.26 Å². The average Bonchev–Trinajstić information content (AvgIpc) is 2.33. The van der Waals surface area contributed by atoms with Crippen molar-refractivity contribution in [2.45, 2.75) is 39.2 Å². The molecular formula is C15H24ClNO2S. The Morgan fingerprint density at radius 1 is 1.35 bits per heavy atom. The lowest BCUT2D eigenvalue weighted by Crippen LogP contribution is -2.23. The minimum Gasteiger partial charge on any atom is -0.310 e. The highest BCUT2D eigenvalue weighted by Crippen LogP contribution is 2.27. The van der Waals surface area contributed by atoms with Crippen LogP contribution in [0.15, 0.2) is 18.2 Å². The summed E-state index contributed by atoms with van der Waals surface area (Å²) in [7, 11) is -2.90. The topological polar surface area (TPSA) is 46.2 Å². The summed E-state index contributed by atoms with van der Waals surface area (Å²) in [5, 5.41) is 4.20. The van der Waals surface area contributed by atoms with Crippen LogP contribution in [0.4, 0.5) is 0 Å². The van der Waals surface area contributed by atoms with Crippen LogP contribution in [0.5, 0.6) is 0 Å². The molecule has 0 amide bonds. The molecule has 1 unspecified atom stereocenters. The average molecular weight is 318 g/mol. The van der Waals surface area contributed by atoms with E-state index in [0.29, 0.717) is 6.42 Å². The van der Waals surface area contributed by atoms with Crippen molar-refractivity contribution in [1.29, 1.82) is 0 Å². The fraction of sp³-hybridized carbons (Fsp3) is 0.600. The molecule has 5 heteroatoms. The molecule has 1 N–H and O–H groups in total. The summed E-state index contributed by atoms with van der Waals surface area (Å²) < 4.78 is 22.5. The van der Waals surface area contributed by atoms with Crippen LogP contribution < -0.4 is 5.32 Å². The van der Waals surface area contributed by atoms with Gasteiger partial charge in [0.25, 0.3) is 0 Å². The van der Waals surface area contributed by atoms with Gasteiger partial charge in [-0.25, -0.2) is 8.42 Å². The molecule has 1 atom stereocenters. The van der Waals surface area contributed by atoms with E-state index in [-0.39, 0.29) is 11.8 Å². The Balaban J connectivity index is 2.77. The predicted molar refractivity (Wildman–Crippen MR) is 86.2 cm³/mol. The third-order valence-electron chi connectivity index (χ3n) is 3.18. The number of benzene rings is 1. The van der Waals surface area contributed by atoms with Crippen LogP contribution in [-0.4, -0.2) is 27.0 Å². The monoisotopic (exact) mass is 317 g/mol. The molecular weight excluding hydrogens is 294 g/mol. The number of hydrogen-bond acceptors (Lipinski definition) is 3.